The third kappa shape index (κ3) is 4.56. The van der Waals surface area contributed by atoms with E-state index in [1.165, 1.54) is 23.4 Å². The zero-order chi connectivity index (χ0) is 33.0. The molecule has 0 bridgehead atoms. The maximum absolute atomic E-state index is 5.22. The van der Waals surface area contributed by atoms with Gasteiger partial charge < -0.3 is 0 Å². The minimum atomic E-state index is 0.503. The Morgan fingerprint density at radius 1 is 0.320 bits per heavy atom. The molecule has 0 atom stereocenters. The van der Waals surface area contributed by atoms with Crippen molar-refractivity contribution in [2.75, 3.05) is 0 Å². The van der Waals surface area contributed by atoms with Gasteiger partial charge in [-0.1, -0.05) is 109 Å². The largest absolute Gasteiger partial charge is 0.252 e. The molecule has 0 aliphatic heterocycles. The number of hydrogen-bond donors (Lipinski definition) is 0. The molecule has 10 rings (SSSR count). The summed E-state index contributed by atoms with van der Waals surface area (Å²) in [5, 5.41) is 11.0. The normalized spacial score (nSPS) is 11.6. The minimum Gasteiger partial charge on any atom is -0.252 e. The highest BCUT2D eigenvalue weighted by Crippen LogP contribution is 2.38. The zero-order valence-electron chi connectivity index (χ0n) is 26.6. The maximum atomic E-state index is 5.22. The lowest BCUT2D eigenvalue weighted by Crippen LogP contribution is -2.02. The van der Waals surface area contributed by atoms with E-state index in [0.29, 0.717) is 29.0 Å². The number of fused-ring (bicyclic) bond motifs is 7. The summed E-state index contributed by atoms with van der Waals surface area (Å²) < 4.78 is 0. The SMILES string of the molecule is c1ccc2c(c1)ccc1cc(-c3nc(-c4ccc(-c5ncncn5)c5ccccc45)nc(-c4cc5ccccc5c5ccccc45)n3)ncc12. The smallest absolute Gasteiger partial charge is 0.182 e. The molecule has 7 nitrogen and oxygen atoms in total. The van der Waals surface area contributed by atoms with Gasteiger partial charge in [-0.2, -0.15) is 0 Å². The number of benzene rings is 7. The van der Waals surface area contributed by atoms with Gasteiger partial charge in [0.05, 0.1) is 0 Å². The van der Waals surface area contributed by atoms with Crippen LogP contribution in [0.4, 0.5) is 0 Å². The quantitative estimate of drug-likeness (QED) is 0.177. The Morgan fingerprint density at radius 2 is 0.820 bits per heavy atom. The molecule has 50 heavy (non-hydrogen) atoms. The molecule has 3 aromatic heterocycles. The Balaban J connectivity index is 1.25. The van der Waals surface area contributed by atoms with Crippen LogP contribution in [0, 0.1) is 0 Å². The number of nitrogens with zero attached hydrogens (tertiary/aromatic N) is 7. The molecular weight excluding hydrogens is 615 g/mol. The van der Waals surface area contributed by atoms with Crippen molar-refractivity contribution in [1.82, 2.24) is 34.9 Å². The predicted octanol–water partition coefficient (Wildman–Crippen LogP) is 9.89. The van der Waals surface area contributed by atoms with Crippen molar-refractivity contribution in [3.05, 3.63) is 152 Å². The van der Waals surface area contributed by atoms with Gasteiger partial charge in [0.1, 0.15) is 18.3 Å². The fourth-order valence-corrected chi connectivity index (χ4v) is 7.06. The molecule has 232 valence electrons. The number of rotatable bonds is 4. The van der Waals surface area contributed by atoms with Crippen LogP contribution in [0.25, 0.3) is 99.5 Å². The monoisotopic (exact) mass is 639 g/mol. The van der Waals surface area contributed by atoms with Crippen molar-refractivity contribution in [2.24, 2.45) is 0 Å². The van der Waals surface area contributed by atoms with E-state index in [4.69, 9.17) is 19.9 Å². The Hall–Kier alpha value is -6.99. The van der Waals surface area contributed by atoms with E-state index in [1.807, 2.05) is 30.5 Å². The molecule has 0 aliphatic rings. The molecule has 0 saturated carbocycles. The van der Waals surface area contributed by atoms with Gasteiger partial charge >= 0.3 is 0 Å². The molecule has 0 N–H and O–H groups in total. The van der Waals surface area contributed by atoms with Crippen LogP contribution in [0.3, 0.4) is 0 Å². The second-order valence-corrected chi connectivity index (χ2v) is 12.2. The van der Waals surface area contributed by atoms with Gasteiger partial charge in [-0.25, -0.2) is 29.9 Å². The van der Waals surface area contributed by atoms with E-state index in [-0.39, 0.29) is 0 Å². The van der Waals surface area contributed by atoms with Crippen LogP contribution in [-0.2, 0) is 0 Å². The molecule has 10 aromatic rings. The second-order valence-electron chi connectivity index (χ2n) is 12.2. The first-order valence-corrected chi connectivity index (χ1v) is 16.4. The summed E-state index contributed by atoms with van der Waals surface area (Å²) in [5.41, 5.74) is 3.39. The van der Waals surface area contributed by atoms with Crippen molar-refractivity contribution < 1.29 is 0 Å². The number of pyridine rings is 1. The first kappa shape index (κ1) is 28.1. The molecule has 0 fully saturated rings. The number of aromatic nitrogens is 7. The molecular formula is C43H25N7. The average molecular weight is 640 g/mol. The Labute approximate surface area is 286 Å². The summed E-state index contributed by atoms with van der Waals surface area (Å²) >= 11 is 0. The molecule has 0 radical (unpaired) electrons. The van der Waals surface area contributed by atoms with Gasteiger partial charge in [0.2, 0.25) is 0 Å². The molecule has 7 heteroatoms. The number of hydrogen-bond acceptors (Lipinski definition) is 7. The second kappa shape index (κ2) is 11.3. The van der Waals surface area contributed by atoms with Crippen LogP contribution in [0.5, 0.6) is 0 Å². The van der Waals surface area contributed by atoms with Gasteiger partial charge in [0.15, 0.2) is 23.3 Å². The average Bonchev–Trinajstić information content (AvgIpc) is 3.20. The molecule has 0 unspecified atom stereocenters. The Morgan fingerprint density at radius 3 is 1.54 bits per heavy atom. The van der Waals surface area contributed by atoms with Gasteiger partial charge in [-0.05, 0) is 72.7 Å². The summed E-state index contributed by atoms with van der Waals surface area (Å²) in [6.07, 6.45) is 4.96. The van der Waals surface area contributed by atoms with Crippen molar-refractivity contribution >= 4 is 53.9 Å². The lowest BCUT2D eigenvalue weighted by atomic mass is 9.96. The lowest BCUT2D eigenvalue weighted by Gasteiger charge is -2.14. The fourth-order valence-electron chi connectivity index (χ4n) is 7.06. The summed E-state index contributed by atoms with van der Waals surface area (Å²) in [4.78, 5) is 33.3. The first-order chi connectivity index (χ1) is 24.8. The van der Waals surface area contributed by atoms with Crippen molar-refractivity contribution in [2.45, 2.75) is 0 Å². The van der Waals surface area contributed by atoms with E-state index in [1.54, 1.807) is 0 Å². The van der Waals surface area contributed by atoms with Crippen molar-refractivity contribution in [3.63, 3.8) is 0 Å². The molecule has 3 heterocycles. The third-order valence-corrected chi connectivity index (χ3v) is 9.40. The van der Waals surface area contributed by atoms with E-state index >= 15 is 0 Å². The summed E-state index contributed by atoms with van der Waals surface area (Å²) in [7, 11) is 0. The summed E-state index contributed by atoms with van der Waals surface area (Å²) in [6, 6.07) is 46.1. The fraction of sp³-hybridized carbons (Fsp3) is 0. The molecule has 7 aromatic carbocycles. The molecule has 0 saturated heterocycles. The Kier molecular flexibility index (Phi) is 6.35. The van der Waals surface area contributed by atoms with Crippen LogP contribution in [-0.4, -0.2) is 34.9 Å². The highest BCUT2D eigenvalue weighted by molar-refractivity contribution is 6.13. The minimum absolute atomic E-state index is 0.503. The van der Waals surface area contributed by atoms with E-state index in [9.17, 15) is 0 Å². The van der Waals surface area contributed by atoms with Gasteiger partial charge in [-0.3, -0.25) is 4.98 Å². The van der Waals surface area contributed by atoms with Crippen molar-refractivity contribution in [3.8, 4) is 45.7 Å². The van der Waals surface area contributed by atoms with E-state index in [0.717, 1.165) is 59.8 Å². The zero-order valence-corrected chi connectivity index (χ0v) is 26.6. The summed E-state index contributed by atoms with van der Waals surface area (Å²) in [5.74, 6) is 2.25. The summed E-state index contributed by atoms with van der Waals surface area (Å²) in [6.45, 7) is 0. The standard InChI is InChI=1S/C43H25N7/c1-3-11-29-26(9-1)17-18-28-22-39(45-23-38(28)29)43-49-41(36-20-19-35(40-46-24-44-25-47-40)32-14-6-7-15-33(32)36)48-42(50-43)37-21-27-10-2-4-12-30(27)31-13-5-8-16-34(31)37/h1-25H. The lowest BCUT2D eigenvalue weighted by molar-refractivity contribution is 1.06. The first-order valence-electron chi connectivity index (χ1n) is 16.4. The van der Waals surface area contributed by atoms with Crippen LogP contribution in [0.2, 0.25) is 0 Å². The van der Waals surface area contributed by atoms with Crippen LogP contribution >= 0.6 is 0 Å². The molecule has 0 spiro atoms. The Bertz CT molecular complexity index is 2940. The highest BCUT2D eigenvalue weighted by atomic mass is 15.0. The van der Waals surface area contributed by atoms with E-state index < -0.39 is 0 Å². The third-order valence-electron chi connectivity index (χ3n) is 9.40. The topological polar surface area (TPSA) is 90.2 Å². The maximum Gasteiger partial charge on any atom is 0.182 e. The van der Waals surface area contributed by atoms with Crippen LogP contribution in [0.1, 0.15) is 0 Å². The molecule has 0 aliphatic carbocycles. The van der Waals surface area contributed by atoms with Gasteiger partial charge in [0, 0.05) is 28.3 Å². The van der Waals surface area contributed by atoms with Crippen LogP contribution < -0.4 is 0 Å². The highest BCUT2D eigenvalue weighted by Gasteiger charge is 2.19. The van der Waals surface area contributed by atoms with Gasteiger partial charge in [-0.15, -0.1) is 0 Å². The molecule has 0 amide bonds. The van der Waals surface area contributed by atoms with E-state index in [2.05, 4.69) is 124 Å². The van der Waals surface area contributed by atoms with Gasteiger partial charge in [0.25, 0.3) is 0 Å². The van der Waals surface area contributed by atoms with Crippen molar-refractivity contribution in [1.29, 1.82) is 0 Å². The predicted molar refractivity (Wildman–Crippen MR) is 200 cm³/mol. The van der Waals surface area contributed by atoms with Crippen LogP contribution in [0.15, 0.2) is 152 Å².